The topological polar surface area (TPSA) is 123 Å². The number of fused-ring (bicyclic) bond motifs is 1. The van der Waals surface area contributed by atoms with Crippen LogP contribution in [-0.4, -0.2) is 35.0 Å². The van der Waals surface area contributed by atoms with Crippen LogP contribution in [0.1, 0.15) is 11.5 Å². The molecule has 3 rings (SSSR count). The molecule has 2 atom stereocenters. The second-order valence-corrected chi connectivity index (χ2v) is 6.76. The number of rotatable bonds is 9. The monoisotopic (exact) mass is 384 g/mol. The van der Waals surface area contributed by atoms with Gasteiger partial charge < -0.3 is 4.18 Å². The van der Waals surface area contributed by atoms with E-state index in [1.807, 2.05) is 19.1 Å². The minimum absolute atomic E-state index is 0.178. The van der Waals surface area contributed by atoms with E-state index in [0.29, 0.717) is 17.2 Å². The molecule has 10 nitrogen and oxygen atoms in total. The van der Waals surface area contributed by atoms with E-state index >= 15 is 0 Å². The van der Waals surface area contributed by atoms with Gasteiger partial charge in [-0.05, 0) is 19.1 Å². The third-order valence-corrected chi connectivity index (χ3v) is 4.40. The average molecular weight is 384 g/mol. The van der Waals surface area contributed by atoms with Crippen molar-refractivity contribution < 1.29 is 16.8 Å². The Kier molecular flexibility index (Phi) is 5.88. The maximum atomic E-state index is 11.7. The zero-order chi connectivity index (χ0) is 17.6. The molecule has 0 bridgehead atoms. The summed E-state index contributed by atoms with van der Waals surface area (Å²) in [6, 6.07) is 10.5. The zero-order valence-corrected chi connectivity index (χ0v) is 14.8. The van der Waals surface area contributed by atoms with E-state index in [1.54, 1.807) is 28.8 Å². The molecular weight excluding hydrogens is 368 g/mol. The Morgan fingerprint density at radius 2 is 1.96 bits per heavy atom. The van der Waals surface area contributed by atoms with Gasteiger partial charge in [-0.1, -0.05) is 18.2 Å². The number of nitrogens with zero attached hydrogens (tertiary/aromatic N) is 3. The molecule has 25 heavy (non-hydrogen) atoms. The number of aromatic amines is 1. The number of hydrogen-bond acceptors (Lipinski definition) is 6. The summed E-state index contributed by atoms with van der Waals surface area (Å²) in [5.74, 6) is 1.01. The maximum Gasteiger partial charge on any atom is 0.290 e. The molecule has 2 heterocycles. The fourth-order valence-electron chi connectivity index (χ4n) is 1.95. The molecule has 0 saturated carbocycles. The SMILES string of the molecule is Cc1cc2nnc(CNS(=O)OCNS(=O)Oc3ccccc3)n2[nH]1. The molecule has 0 aliphatic heterocycles. The van der Waals surface area contributed by atoms with Crippen LogP contribution in [0.4, 0.5) is 0 Å². The molecule has 134 valence electrons. The third-order valence-electron chi connectivity index (χ3n) is 2.99. The van der Waals surface area contributed by atoms with Crippen molar-refractivity contribution in [3.05, 3.63) is 47.9 Å². The van der Waals surface area contributed by atoms with Gasteiger partial charge in [0.15, 0.2) is 11.5 Å². The summed E-state index contributed by atoms with van der Waals surface area (Å²) >= 11 is -3.61. The molecule has 0 saturated heterocycles. The summed E-state index contributed by atoms with van der Waals surface area (Å²) in [7, 11) is 0. The van der Waals surface area contributed by atoms with Gasteiger partial charge in [-0.25, -0.2) is 13.4 Å². The summed E-state index contributed by atoms with van der Waals surface area (Å²) in [6.07, 6.45) is 0. The van der Waals surface area contributed by atoms with Crippen molar-refractivity contribution in [2.24, 2.45) is 0 Å². The number of nitrogens with one attached hydrogen (secondary N) is 3. The summed E-state index contributed by atoms with van der Waals surface area (Å²) in [4.78, 5) is 0. The molecule has 1 aromatic carbocycles. The Balaban J connectivity index is 1.38. The van der Waals surface area contributed by atoms with E-state index in [4.69, 9.17) is 8.37 Å². The van der Waals surface area contributed by atoms with Crippen molar-refractivity contribution in [1.82, 2.24) is 29.3 Å². The van der Waals surface area contributed by atoms with Crippen LogP contribution in [0.25, 0.3) is 5.65 Å². The van der Waals surface area contributed by atoms with Gasteiger partial charge in [0.2, 0.25) is 11.3 Å². The molecule has 0 radical (unpaired) electrons. The molecule has 0 aliphatic carbocycles. The van der Waals surface area contributed by atoms with Gasteiger partial charge in [-0.2, -0.15) is 8.93 Å². The van der Waals surface area contributed by atoms with E-state index in [0.717, 1.165) is 5.69 Å². The molecule has 0 fully saturated rings. The summed E-state index contributed by atoms with van der Waals surface area (Å²) < 4.78 is 40.2. The van der Waals surface area contributed by atoms with Crippen molar-refractivity contribution in [2.75, 3.05) is 6.73 Å². The van der Waals surface area contributed by atoms with Gasteiger partial charge >= 0.3 is 0 Å². The second kappa shape index (κ2) is 8.31. The highest BCUT2D eigenvalue weighted by molar-refractivity contribution is 7.79. The normalized spacial score (nSPS) is 13.8. The molecule has 12 heteroatoms. The average Bonchev–Trinajstić information content (AvgIpc) is 3.13. The Hall–Kier alpha value is -2.12. The van der Waals surface area contributed by atoms with Crippen LogP contribution in [0.15, 0.2) is 36.4 Å². The van der Waals surface area contributed by atoms with Crippen LogP contribution in [0.5, 0.6) is 5.75 Å². The van der Waals surface area contributed by atoms with Crippen LogP contribution >= 0.6 is 0 Å². The van der Waals surface area contributed by atoms with Crippen LogP contribution < -0.4 is 13.6 Å². The molecule has 3 aromatic rings. The standard InChI is InChI=1S/C13H16N6O4S2/c1-10-7-12-16-17-13(19(12)18-10)8-14-24(20)22-9-15-25(21)23-11-5-3-2-4-6-11/h2-7,14-15,18H,8-9H2,1H3. The van der Waals surface area contributed by atoms with Gasteiger partial charge in [0, 0.05) is 11.8 Å². The first-order chi connectivity index (χ1) is 12.1. The van der Waals surface area contributed by atoms with Crippen molar-refractivity contribution >= 4 is 28.2 Å². The lowest BCUT2D eigenvalue weighted by atomic mass is 10.3. The third kappa shape index (κ3) is 4.93. The van der Waals surface area contributed by atoms with Gasteiger partial charge in [0.25, 0.3) is 11.3 Å². The highest BCUT2D eigenvalue weighted by atomic mass is 32.2. The molecular formula is C13H16N6O4S2. The lowest BCUT2D eigenvalue weighted by molar-refractivity contribution is 0.333. The van der Waals surface area contributed by atoms with Crippen molar-refractivity contribution in [2.45, 2.75) is 13.5 Å². The van der Waals surface area contributed by atoms with Crippen LogP contribution in [0, 0.1) is 6.92 Å². The van der Waals surface area contributed by atoms with E-state index in [2.05, 4.69) is 24.7 Å². The summed E-state index contributed by atoms with van der Waals surface area (Å²) in [5, 5.41) is 11.0. The second-order valence-electron chi connectivity index (χ2n) is 4.84. The fourth-order valence-corrected chi connectivity index (χ4v) is 3.02. The molecule has 3 N–H and O–H groups in total. The van der Waals surface area contributed by atoms with Crippen LogP contribution in [-0.2, 0) is 33.3 Å². The highest BCUT2D eigenvalue weighted by Gasteiger charge is 2.10. The van der Waals surface area contributed by atoms with E-state index < -0.39 is 22.5 Å². The van der Waals surface area contributed by atoms with Crippen molar-refractivity contribution in [3.8, 4) is 5.75 Å². The van der Waals surface area contributed by atoms with Gasteiger partial charge in [-0.3, -0.25) is 9.28 Å². The molecule has 2 unspecified atom stereocenters. The largest absolute Gasteiger partial charge is 0.389 e. The summed E-state index contributed by atoms with van der Waals surface area (Å²) in [6.45, 7) is 1.85. The first-order valence-corrected chi connectivity index (χ1v) is 9.33. The number of H-pyrrole nitrogens is 1. The first kappa shape index (κ1) is 17.7. The van der Waals surface area contributed by atoms with Gasteiger partial charge in [0.1, 0.15) is 12.5 Å². The van der Waals surface area contributed by atoms with Gasteiger partial charge in [-0.15, -0.1) is 10.2 Å². The number of benzene rings is 1. The van der Waals surface area contributed by atoms with Gasteiger partial charge in [0.05, 0.1) is 6.54 Å². The predicted octanol–water partition coefficient (Wildman–Crippen LogP) is 0.256. The quantitative estimate of drug-likeness (QED) is 0.455. The van der Waals surface area contributed by atoms with Crippen LogP contribution in [0.3, 0.4) is 0 Å². The molecule has 2 aromatic heterocycles. The highest BCUT2D eigenvalue weighted by Crippen LogP contribution is 2.09. The van der Waals surface area contributed by atoms with Crippen LogP contribution in [0.2, 0.25) is 0 Å². The molecule has 0 amide bonds. The lowest BCUT2D eigenvalue weighted by Gasteiger charge is -2.06. The van der Waals surface area contributed by atoms with Crippen molar-refractivity contribution in [3.63, 3.8) is 0 Å². The van der Waals surface area contributed by atoms with E-state index in [9.17, 15) is 8.42 Å². The Morgan fingerprint density at radius 3 is 2.76 bits per heavy atom. The summed E-state index contributed by atoms with van der Waals surface area (Å²) in [5.41, 5.74) is 1.62. The minimum Gasteiger partial charge on any atom is -0.389 e. The lowest BCUT2D eigenvalue weighted by Crippen LogP contribution is -2.28. The van der Waals surface area contributed by atoms with E-state index in [1.165, 1.54) is 0 Å². The molecule has 0 aliphatic rings. The number of aryl methyl sites for hydroxylation is 1. The minimum atomic E-state index is -1.81. The van der Waals surface area contributed by atoms with E-state index in [-0.39, 0.29) is 13.3 Å². The van der Waals surface area contributed by atoms with Crippen molar-refractivity contribution in [1.29, 1.82) is 0 Å². The first-order valence-electron chi connectivity index (χ1n) is 7.18. The number of aromatic nitrogens is 4. The molecule has 0 spiro atoms. The Labute approximate surface area is 148 Å². The zero-order valence-electron chi connectivity index (χ0n) is 13.2. The predicted molar refractivity (Wildman–Crippen MR) is 91.4 cm³/mol. The number of hydrogen-bond donors (Lipinski definition) is 3. The number of para-hydroxylation sites is 1. The Bertz CT molecular complexity index is 881. The maximum absolute atomic E-state index is 11.7. The fraction of sp³-hybridized carbons (Fsp3) is 0.231. The Morgan fingerprint density at radius 1 is 1.16 bits per heavy atom. The smallest absolute Gasteiger partial charge is 0.290 e.